The zero-order chi connectivity index (χ0) is 15.2. The van der Waals surface area contributed by atoms with Gasteiger partial charge in [-0.2, -0.15) is 0 Å². The average Bonchev–Trinajstić information content (AvgIpc) is 2.50. The second-order valence-electron chi connectivity index (χ2n) is 4.87. The number of carbonyl (C=O) groups excluding carboxylic acids is 1. The third-order valence-electron chi connectivity index (χ3n) is 3.41. The van der Waals surface area contributed by atoms with Crippen molar-refractivity contribution in [3.05, 3.63) is 59.2 Å². The minimum Gasteiger partial charge on any atom is -0.494 e. The summed E-state index contributed by atoms with van der Waals surface area (Å²) in [5, 5.41) is 3.02. The van der Waals surface area contributed by atoms with Gasteiger partial charge in [0.25, 0.3) is 5.91 Å². The van der Waals surface area contributed by atoms with Crippen molar-refractivity contribution in [2.75, 3.05) is 11.9 Å². The minimum absolute atomic E-state index is 0.0953. The largest absolute Gasteiger partial charge is 0.494 e. The van der Waals surface area contributed by atoms with Gasteiger partial charge in [-0.3, -0.25) is 4.79 Å². The van der Waals surface area contributed by atoms with Crippen molar-refractivity contribution in [1.29, 1.82) is 0 Å². The molecule has 0 spiro atoms. The normalized spacial score (nSPS) is 10.2. The van der Waals surface area contributed by atoms with Crippen molar-refractivity contribution in [3.8, 4) is 5.75 Å². The highest BCUT2D eigenvalue weighted by Gasteiger charge is 2.10. The lowest BCUT2D eigenvalue weighted by atomic mass is 10.1. The maximum atomic E-state index is 12.4. The first-order valence-electron chi connectivity index (χ1n) is 7.28. The smallest absolute Gasteiger partial charge is 0.255 e. The van der Waals surface area contributed by atoms with Crippen LogP contribution in [-0.4, -0.2) is 12.5 Å². The van der Waals surface area contributed by atoms with Crippen LogP contribution in [0, 0.1) is 6.92 Å². The number of nitrogens with one attached hydrogen (secondary N) is 1. The first kappa shape index (κ1) is 15.1. The molecule has 2 rings (SSSR count). The summed E-state index contributed by atoms with van der Waals surface area (Å²) in [4.78, 5) is 12.4. The zero-order valence-corrected chi connectivity index (χ0v) is 12.8. The molecule has 0 radical (unpaired) electrons. The molecule has 0 unspecified atom stereocenters. The number of hydrogen-bond donors (Lipinski definition) is 1. The first-order chi connectivity index (χ1) is 10.2. The molecule has 2 aromatic rings. The minimum atomic E-state index is -0.0953. The van der Waals surface area contributed by atoms with E-state index in [1.165, 1.54) is 0 Å². The topological polar surface area (TPSA) is 38.3 Å². The highest BCUT2D eigenvalue weighted by Crippen LogP contribution is 2.22. The molecule has 2 aromatic carbocycles. The van der Waals surface area contributed by atoms with Gasteiger partial charge >= 0.3 is 0 Å². The van der Waals surface area contributed by atoms with Crippen LogP contribution < -0.4 is 10.1 Å². The van der Waals surface area contributed by atoms with Gasteiger partial charge in [0.1, 0.15) is 5.75 Å². The Morgan fingerprint density at radius 3 is 2.43 bits per heavy atom. The molecule has 0 heterocycles. The molecular weight excluding hydrogens is 262 g/mol. The Hall–Kier alpha value is -2.29. The SMILES string of the molecule is CCOc1ccc(C(=O)Nc2c(C)cccc2CC)cc1. The van der Waals surface area contributed by atoms with Crippen molar-refractivity contribution in [3.63, 3.8) is 0 Å². The van der Waals surface area contributed by atoms with Gasteiger partial charge < -0.3 is 10.1 Å². The number of aryl methyl sites for hydroxylation is 2. The van der Waals surface area contributed by atoms with Crippen LogP contribution in [0.3, 0.4) is 0 Å². The maximum Gasteiger partial charge on any atom is 0.255 e. The summed E-state index contributed by atoms with van der Waals surface area (Å²) < 4.78 is 5.38. The molecule has 0 aliphatic rings. The zero-order valence-electron chi connectivity index (χ0n) is 12.8. The first-order valence-corrected chi connectivity index (χ1v) is 7.28. The lowest BCUT2D eigenvalue weighted by Crippen LogP contribution is -2.14. The molecule has 110 valence electrons. The Kier molecular flexibility index (Phi) is 4.99. The number of rotatable bonds is 5. The summed E-state index contributed by atoms with van der Waals surface area (Å²) >= 11 is 0. The van der Waals surface area contributed by atoms with Crippen LogP contribution in [0.4, 0.5) is 5.69 Å². The fourth-order valence-electron chi connectivity index (χ4n) is 2.26. The van der Waals surface area contributed by atoms with Gasteiger partial charge in [-0.25, -0.2) is 0 Å². The molecule has 0 aliphatic carbocycles. The van der Waals surface area contributed by atoms with E-state index in [0.29, 0.717) is 12.2 Å². The standard InChI is InChI=1S/C18H21NO2/c1-4-14-8-6-7-13(3)17(14)19-18(20)15-9-11-16(12-10-15)21-5-2/h6-12H,4-5H2,1-3H3,(H,19,20). The van der Waals surface area contributed by atoms with Gasteiger partial charge in [0.15, 0.2) is 0 Å². The second-order valence-corrected chi connectivity index (χ2v) is 4.87. The number of anilines is 1. The predicted molar refractivity (Wildman–Crippen MR) is 86.1 cm³/mol. The monoisotopic (exact) mass is 283 g/mol. The van der Waals surface area contributed by atoms with E-state index in [2.05, 4.69) is 12.2 Å². The summed E-state index contributed by atoms with van der Waals surface area (Å²) in [6.45, 7) is 6.65. The van der Waals surface area contributed by atoms with Gasteiger partial charge in [0, 0.05) is 11.3 Å². The number of benzene rings is 2. The van der Waals surface area contributed by atoms with Gasteiger partial charge in [-0.1, -0.05) is 25.1 Å². The third-order valence-corrected chi connectivity index (χ3v) is 3.41. The molecule has 3 heteroatoms. The molecule has 1 N–H and O–H groups in total. The molecule has 3 nitrogen and oxygen atoms in total. The molecule has 0 saturated carbocycles. The summed E-state index contributed by atoms with van der Waals surface area (Å²) in [5.74, 6) is 0.682. The van der Waals surface area contributed by atoms with E-state index < -0.39 is 0 Å². The van der Waals surface area contributed by atoms with E-state index >= 15 is 0 Å². The molecule has 1 amide bonds. The average molecular weight is 283 g/mol. The van der Waals surface area contributed by atoms with Crippen LogP contribution in [-0.2, 0) is 6.42 Å². The summed E-state index contributed by atoms with van der Waals surface area (Å²) in [6, 6.07) is 13.3. The Morgan fingerprint density at radius 2 is 1.81 bits per heavy atom. The molecule has 0 atom stereocenters. The Bertz CT molecular complexity index is 618. The van der Waals surface area contributed by atoms with E-state index in [9.17, 15) is 4.79 Å². The molecule has 0 aromatic heterocycles. The van der Waals surface area contributed by atoms with E-state index in [-0.39, 0.29) is 5.91 Å². The van der Waals surface area contributed by atoms with Crippen molar-refractivity contribution < 1.29 is 9.53 Å². The maximum absolute atomic E-state index is 12.4. The number of ether oxygens (including phenoxy) is 1. The lowest BCUT2D eigenvalue weighted by molar-refractivity contribution is 0.102. The van der Waals surface area contributed by atoms with Crippen molar-refractivity contribution >= 4 is 11.6 Å². The van der Waals surface area contributed by atoms with Crippen LogP contribution in [0.5, 0.6) is 5.75 Å². The van der Waals surface area contributed by atoms with E-state index in [0.717, 1.165) is 29.0 Å². The molecule has 0 saturated heterocycles. The van der Waals surface area contributed by atoms with Gasteiger partial charge in [-0.05, 0) is 55.7 Å². The summed E-state index contributed by atoms with van der Waals surface area (Å²) in [7, 11) is 0. The molecule has 0 bridgehead atoms. The van der Waals surface area contributed by atoms with Crippen LogP contribution in [0.15, 0.2) is 42.5 Å². The van der Waals surface area contributed by atoms with Gasteiger partial charge in [0.2, 0.25) is 0 Å². The molecule has 21 heavy (non-hydrogen) atoms. The Labute approximate surface area is 126 Å². The quantitative estimate of drug-likeness (QED) is 0.892. The van der Waals surface area contributed by atoms with Gasteiger partial charge in [0.05, 0.1) is 6.61 Å². The van der Waals surface area contributed by atoms with Crippen LogP contribution in [0.2, 0.25) is 0 Å². The lowest BCUT2D eigenvalue weighted by Gasteiger charge is -2.13. The van der Waals surface area contributed by atoms with Crippen LogP contribution in [0.1, 0.15) is 35.3 Å². The number of para-hydroxylation sites is 1. The molecule has 0 fully saturated rings. The number of amides is 1. The van der Waals surface area contributed by atoms with Crippen molar-refractivity contribution in [2.24, 2.45) is 0 Å². The van der Waals surface area contributed by atoms with E-state index in [1.54, 1.807) is 12.1 Å². The van der Waals surface area contributed by atoms with E-state index in [4.69, 9.17) is 4.74 Å². The van der Waals surface area contributed by atoms with Gasteiger partial charge in [-0.15, -0.1) is 0 Å². The Morgan fingerprint density at radius 1 is 1.10 bits per heavy atom. The Balaban J connectivity index is 2.18. The highest BCUT2D eigenvalue weighted by molar-refractivity contribution is 6.05. The molecule has 0 aliphatic heterocycles. The highest BCUT2D eigenvalue weighted by atomic mass is 16.5. The third kappa shape index (κ3) is 3.63. The summed E-state index contributed by atoms with van der Waals surface area (Å²) in [5.41, 5.74) is 3.77. The van der Waals surface area contributed by atoms with Crippen LogP contribution in [0.25, 0.3) is 0 Å². The van der Waals surface area contributed by atoms with Crippen molar-refractivity contribution in [1.82, 2.24) is 0 Å². The fourth-order valence-corrected chi connectivity index (χ4v) is 2.26. The predicted octanol–water partition coefficient (Wildman–Crippen LogP) is 4.21. The van der Waals surface area contributed by atoms with E-state index in [1.807, 2.05) is 44.2 Å². The number of hydrogen-bond acceptors (Lipinski definition) is 2. The van der Waals surface area contributed by atoms with Crippen LogP contribution >= 0.6 is 0 Å². The fraction of sp³-hybridized carbons (Fsp3) is 0.278. The summed E-state index contributed by atoms with van der Waals surface area (Å²) in [6.07, 6.45) is 0.889. The number of carbonyl (C=O) groups is 1. The second kappa shape index (κ2) is 6.93. The molecular formula is C18H21NO2. The van der Waals surface area contributed by atoms with Crippen molar-refractivity contribution in [2.45, 2.75) is 27.2 Å².